The molecule has 3 fully saturated rings. The molecule has 1 unspecified atom stereocenters. The monoisotopic (exact) mass is 469 g/mol. The van der Waals surface area contributed by atoms with Gasteiger partial charge in [-0.2, -0.15) is 0 Å². The predicted molar refractivity (Wildman–Crippen MR) is 121 cm³/mol. The second kappa shape index (κ2) is 9.03. The molecule has 3 atom stereocenters. The van der Waals surface area contributed by atoms with Crippen molar-refractivity contribution in [3.63, 3.8) is 0 Å². The van der Waals surface area contributed by atoms with E-state index < -0.39 is 24.3 Å². The molecule has 1 spiro atoms. The molecule has 0 bridgehead atoms. The van der Waals surface area contributed by atoms with Gasteiger partial charge in [-0.25, -0.2) is 4.79 Å². The smallest absolute Gasteiger partial charge is 0.414 e. The lowest BCUT2D eigenvalue weighted by molar-refractivity contribution is -0.146. The van der Waals surface area contributed by atoms with Gasteiger partial charge in [-0.1, -0.05) is 30.3 Å². The van der Waals surface area contributed by atoms with Gasteiger partial charge in [-0.3, -0.25) is 14.5 Å². The normalized spacial score (nSPS) is 27.8. The van der Waals surface area contributed by atoms with Crippen LogP contribution in [0.15, 0.2) is 42.2 Å². The Bertz CT molecular complexity index is 992. The number of amides is 3. The van der Waals surface area contributed by atoms with Crippen LogP contribution in [-0.4, -0.2) is 82.2 Å². The number of aliphatic hydroxyl groups excluding tert-OH is 1. The van der Waals surface area contributed by atoms with Crippen LogP contribution < -0.4 is 0 Å². The van der Waals surface area contributed by atoms with Gasteiger partial charge < -0.3 is 24.4 Å². The SMILES string of the molecule is C[C@H]1C(=O)N2C(=CN1C(=O)OCc1ccccc1)COC[C@@H]2CC(=O)N1CCC2(CC2)C(O)C1. The van der Waals surface area contributed by atoms with Gasteiger partial charge in [-0.05, 0) is 37.2 Å². The molecule has 4 aliphatic rings. The molecule has 1 N–H and O–H groups in total. The van der Waals surface area contributed by atoms with E-state index >= 15 is 0 Å². The first-order chi connectivity index (χ1) is 16.4. The standard InChI is InChI=1S/C25H31N3O6/c1-17-23(31)28-19(11-22(30)26-10-9-25(7-8-25)21(29)13-26)15-33-16-20(28)12-27(17)24(32)34-14-18-5-3-2-4-6-18/h2-6,12,17,19,21,29H,7-11,13-16H2,1H3/t17-,19-,21?/m0/s1. The van der Waals surface area contributed by atoms with Crippen LogP contribution in [0.1, 0.15) is 38.2 Å². The van der Waals surface area contributed by atoms with E-state index in [0.717, 1.165) is 24.8 Å². The number of likely N-dealkylation sites (tertiary alicyclic amines) is 1. The topological polar surface area (TPSA) is 99.6 Å². The van der Waals surface area contributed by atoms with E-state index in [0.29, 0.717) is 18.8 Å². The summed E-state index contributed by atoms with van der Waals surface area (Å²) in [5.41, 5.74) is 1.42. The maximum Gasteiger partial charge on any atom is 0.414 e. The Morgan fingerprint density at radius 2 is 1.97 bits per heavy atom. The Morgan fingerprint density at radius 1 is 1.21 bits per heavy atom. The molecule has 0 radical (unpaired) electrons. The van der Waals surface area contributed by atoms with Crippen molar-refractivity contribution < 1.29 is 29.0 Å². The first kappa shape index (κ1) is 22.9. The molecule has 1 aromatic rings. The molecular weight excluding hydrogens is 438 g/mol. The number of fused-ring (bicyclic) bond motifs is 1. The number of aliphatic hydroxyl groups is 1. The minimum atomic E-state index is -0.755. The van der Waals surface area contributed by atoms with Crippen molar-refractivity contribution in [1.29, 1.82) is 0 Å². The van der Waals surface area contributed by atoms with Crippen molar-refractivity contribution in [1.82, 2.24) is 14.7 Å². The van der Waals surface area contributed by atoms with Crippen LogP contribution in [0.3, 0.4) is 0 Å². The fourth-order valence-electron chi connectivity index (χ4n) is 5.17. The van der Waals surface area contributed by atoms with E-state index in [-0.39, 0.29) is 43.5 Å². The minimum Gasteiger partial charge on any atom is -0.444 e. The third-order valence-corrected chi connectivity index (χ3v) is 7.59. The van der Waals surface area contributed by atoms with Gasteiger partial charge in [-0.15, -0.1) is 0 Å². The quantitative estimate of drug-likeness (QED) is 0.723. The molecule has 1 aliphatic carbocycles. The number of rotatable bonds is 4. The van der Waals surface area contributed by atoms with Gasteiger partial charge in [0, 0.05) is 25.7 Å². The molecule has 1 aromatic carbocycles. The summed E-state index contributed by atoms with van der Waals surface area (Å²) >= 11 is 0. The van der Waals surface area contributed by atoms with E-state index in [1.54, 1.807) is 22.9 Å². The average molecular weight is 470 g/mol. The van der Waals surface area contributed by atoms with Crippen molar-refractivity contribution in [2.75, 3.05) is 26.3 Å². The van der Waals surface area contributed by atoms with E-state index in [1.165, 1.54) is 4.90 Å². The number of β-amino-alcohol motifs (C(OH)–C–C–N with tert-alkyl or cyclic N) is 1. The summed E-state index contributed by atoms with van der Waals surface area (Å²) in [5, 5.41) is 10.4. The van der Waals surface area contributed by atoms with Crippen LogP contribution in [0, 0.1) is 5.41 Å². The van der Waals surface area contributed by atoms with Crippen molar-refractivity contribution in [3.05, 3.63) is 47.8 Å². The maximum atomic E-state index is 13.3. The van der Waals surface area contributed by atoms with Crippen molar-refractivity contribution in [2.24, 2.45) is 5.41 Å². The molecule has 1 saturated carbocycles. The number of carbonyl (C=O) groups excluding carboxylic acids is 3. The number of hydrogen-bond acceptors (Lipinski definition) is 6. The molecule has 34 heavy (non-hydrogen) atoms. The Balaban J connectivity index is 1.24. The van der Waals surface area contributed by atoms with E-state index in [2.05, 4.69) is 0 Å². The molecule has 3 aliphatic heterocycles. The summed E-state index contributed by atoms with van der Waals surface area (Å²) in [6.45, 7) is 3.18. The van der Waals surface area contributed by atoms with E-state index in [4.69, 9.17) is 9.47 Å². The van der Waals surface area contributed by atoms with Crippen molar-refractivity contribution >= 4 is 17.9 Å². The van der Waals surface area contributed by atoms with Crippen LogP contribution in [-0.2, 0) is 25.7 Å². The van der Waals surface area contributed by atoms with Crippen LogP contribution in [0.5, 0.6) is 0 Å². The third-order valence-electron chi connectivity index (χ3n) is 7.59. The zero-order chi connectivity index (χ0) is 23.9. The Morgan fingerprint density at radius 3 is 2.68 bits per heavy atom. The van der Waals surface area contributed by atoms with Gasteiger partial charge in [0.2, 0.25) is 11.8 Å². The second-order valence-corrected chi connectivity index (χ2v) is 9.79. The number of ether oxygens (including phenoxy) is 2. The largest absolute Gasteiger partial charge is 0.444 e. The van der Waals surface area contributed by atoms with Gasteiger partial charge in [0.15, 0.2) is 0 Å². The summed E-state index contributed by atoms with van der Waals surface area (Å²) in [6.07, 6.45) is 3.52. The summed E-state index contributed by atoms with van der Waals surface area (Å²) in [4.78, 5) is 43.6. The molecule has 3 amide bonds. The molecule has 3 heterocycles. The summed E-state index contributed by atoms with van der Waals surface area (Å²) in [7, 11) is 0. The van der Waals surface area contributed by atoms with Gasteiger partial charge in [0.25, 0.3) is 0 Å². The fraction of sp³-hybridized carbons (Fsp3) is 0.560. The highest BCUT2D eigenvalue weighted by atomic mass is 16.6. The van der Waals surface area contributed by atoms with Gasteiger partial charge >= 0.3 is 6.09 Å². The summed E-state index contributed by atoms with van der Waals surface area (Å²) in [5.74, 6) is -0.347. The van der Waals surface area contributed by atoms with E-state index in [1.807, 2.05) is 30.3 Å². The zero-order valence-electron chi connectivity index (χ0n) is 19.4. The number of benzene rings is 1. The number of piperidine rings is 1. The Labute approximate surface area is 198 Å². The third kappa shape index (κ3) is 4.30. The lowest BCUT2D eigenvalue weighted by Crippen LogP contribution is -2.59. The first-order valence-electron chi connectivity index (χ1n) is 11.9. The number of hydrogen-bond donors (Lipinski definition) is 1. The van der Waals surface area contributed by atoms with Crippen LogP contribution in [0.2, 0.25) is 0 Å². The van der Waals surface area contributed by atoms with Crippen LogP contribution in [0.25, 0.3) is 0 Å². The lowest BCUT2D eigenvalue weighted by atomic mass is 9.90. The van der Waals surface area contributed by atoms with Crippen molar-refractivity contribution in [3.8, 4) is 0 Å². The van der Waals surface area contributed by atoms with Gasteiger partial charge in [0.05, 0.1) is 31.1 Å². The average Bonchev–Trinajstić information content (AvgIpc) is 3.63. The van der Waals surface area contributed by atoms with Gasteiger partial charge in [0.1, 0.15) is 12.6 Å². The van der Waals surface area contributed by atoms with Crippen LogP contribution >= 0.6 is 0 Å². The molecule has 9 nitrogen and oxygen atoms in total. The molecule has 0 aromatic heterocycles. The Kier molecular flexibility index (Phi) is 6.07. The zero-order valence-corrected chi connectivity index (χ0v) is 19.4. The lowest BCUT2D eigenvalue weighted by Gasteiger charge is -2.44. The molecule has 9 heteroatoms. The molecular formula is C25H31N3O6. The number of carbonyl (C=O) groups is 3. The highest BCUT2D eigenvalue weighted by molar-refractivity contribution is 5.90. The number of nitrogens with zero attached hydrogens (tertiary/aromatic N) is 3. The molecule has 182 valence electrons. The maximum absolute atomic E-state index is 13.3. The first-order valence-corrected chi connectivity index (χ1v) is 11.9. The van der Waals surface area contributed by atoms with Crippen molar-refractivity contribution in [2.45, 2.75) is 57.4 Å². The predicted octanol–water partition coefficient (Wildman–Crippen LogP) is 1.86. The van der Waals surface area contributed by atoms with E-state index in [9.17, 15) is 19.5 Å². The molecule has 5 rings (SSSR count). The summed E-state index contributed by atoms with van der Waals surface area (Å²) in [6, 6.07) is 8.14. The summed E-state index contributed by atoms with van der Waals surface area (Å²) < 4.78 is 11.1. The Hall–Kier alpha value is -2.91. The highest BCUT2D eigenvalue weighted by Crippen LogP contribution is 2.53. The fourth-order valence-corrected chi connectivity index (χ4v) is 5.17. The van der Waals surface area contributed by atoms with Crippen LogP contribution in [0.4, 0.5) is 4.79 Å². The highest BCUT2D eigenvalue weighted by Gasteiger charge is 2.52. The molecule has 2 saturated heterocycles. The minimum absolute atomic E-state index is 0.0253. The number of morpholine rings is 1. The second-order valence-electron chi connectivity index (χ2n) is 9.79.